The zero-order valence-electron chi connectivity index (χ0n) is 112. The molecule has 48 heteroatoms. The zero-order chi connectivity index (χ0) is 132. The lowest BCUT2D eigenvalue weighted by molar-refractivity contribution is -0.0629. The molecule has 20 rings (SSSR count). The van der Waals surface area contributed by atoms with E-state index >= 15 is 0 Å². The van der Waals surface area contributed by atoms with Crippen molar-refractivity contribution in [2.75, 3.05) is 96.9 Å². The monoisotopic (exact) mass is 2110 g/mol. The lowest BCUT2D eigenvalue weighted by Gasteiger charge is -2.17. The number of aryl methyl sites for hydroxylation is 4. The van der Waals surface area contributed by atoms with Gasteiger partial charge in [-0.05, 0) is 148 Å². The molecule has 0 spiro atoms. The van der Waals surface area contributed by atoms with Crippen molar-refractivity contribution in [3.63, 3.8) is 0 Å². The molecule has 0 aliphatic heterocycles. The van der Waals surface area contributed by atoms with Gasteiger partial charge in [-0.1, -0.05) is 144 Å². The number of thioether (sulfide) groups is 4. The Morgan fingerprint density at radius 1 is 0.361 bits per heavy atom. The Labute approximate surface area is 891 Å². The number of hydrogen-bond acceptors (Lipinski definition) is 40. The summed E-state index contributed by atoms with van der Waals surface area (Å²) in [4.78, 5) is 35.0. The third-order valence-corrected chi connectivity index (χ3v) is 27.1. The molecule has 0 bridgehead atoms. The molecule has 8 saturated carbocycles. The molecule has 8 aromatic heterocycles. The van der Waals surface area contributed by atoms with Gasteiger partial charge in [0, 0.05) is 110 Å². The van der Waals surface area contributed by atoms with Crippen molar-refractivity contribution in [2.24, 2.45) is 0 Å². The largest absolute Gasteiger partial charge is 0.394 e. The average Bonchev–Trinajstić information content (AvgIpc) is 1.50. The van der Waals surface area contributed by atoms with Crippen molar-refractivity contribution in [2.45, 2.75) is 298 Å². The van der Waals surface area contributed by atoms with Crippen molar-refractivity contribution in [1.82, 2.24) is 99.8 Å². The molecule has 8 aliphatic rings. The third kappa shape index (κ3) is 23.8. The van der Waals surface area contributed by atoms with E-state index in [1.54, 1.807) is 71.0 Å². The van der Waals surface area contributed by atoms with Crippen molar-refractivity contribution in [3.05, 3.63) is 141 Å². The van der Waals surface area contributed by atoms with E-state index in [1.807, 2.05) is 32.9 Å². The first-order valence-electron chi connectivity index (χ1n) is 62.2. The van der Waals surface area contributed by atoms with Gasteiger partial charge >= 0.3 is 0 Å². The van der Waals surface area contributed by atoms with Crippen LogP contribution < -0.4 is 21.3 Å². The quantitative estimate of drug-likeness (QED) is 0.00969. The number of aromatic nitrogens is 20. The highest BCUT2D eigenvalue weighted by Crippen LogP contribution is 2.50. The zero-order valence-corrected chi connectivity index (χ0v) is 81.0. The molecule has 16 N–H and O–H groups in total. The van der Waals surface area contributed by atoms with Gasteiger partial charge in [-0.3, -0.25) is 0 Å². The van der Waals surface area contributed by atoms with E-state index in [1.165, 1.54) is 47.8 Å². The van der Waals surface area contributed by atoms with Crippen molar-refractivity contribution in [1.29, 1.82) is 0 Å². The molecule has 8 fully saturated rings. The van der Waals surface area contributed by atoms with Gasteiger partial charge in [0.2, 0.25) is 0 Å². The number of hydrogen-bond donors (Lipinski definition) is 16. The van der Waals surface area contributed by atoms with Crippen LogP contribution in [0.3, 0.4) is 0 Å². The van der Waals surface area contributed by atoms with Crippen LogP contribution in [0.15, 0.2) is 93.4 Å². The minimum absolute atomic E-state index is 0.0128. The summed E-state index contributed by atoms with van der Waals surface area (Å²) < 4.78 is 361. The van der Waals surface area contributed by atoms with E-state index < -0.39 is 198 Å². The van der Waals surface area contributed by atoms with Crippen molar-refractivity contribution in [3.8, 4) is 0 Å². The second-order valence-electron chi connectivity index (χ2n) is 33.4. The van der Waals surface area contributed by atoms with Crippen LogP contribution in [0, 0.1) is 51.0 Å². The van der Waals surface area contributed by atoms with Gasteiger partial charge < -0.3 is 101 Å². The fourth-order valence-electron chi connectivity index (χ4n) is 15.3. The molecule has 40 nitrogen and oxygen atoms in total. The maximum atomic E-state index is 14.2. The van der Waals surface area contributed by atoms with Crippen molar-refractivity contribution >= 4 is 115 Å². The second-order valence-corrected chi connectivity index (χ2v) is 37.4. The van der Waals surface area contributed by atoms with Crippen LogP contribution in [-0.4, -0.2) is 334 Å². The Morgan fingerprint density at radius 3 is 0.896 bits per heavy atom. The lowest BCUT2D eigenvalue weighted by Crippen LogP contribution is -2.33. The Morgan fingerprint density at radius 2 is 0.639 bits per heavy atom. The van der Waals surface area contributed by atoms with E-state index in [2.05, 4.69) is 107 Å². The fourth-order valence-corrected chi connectivity index (χ4v) is 17.9. The Bertz CT molecular complexity index is 8350. The van der Waals surface area contributed by atoms with Gasteiger partial charge in [-0.25, -0.2) is 76.2 Å². The van der Waals surface area contributed by atoms with E-state index in [-0.39, 0.29) is 154 Å². The van der Waals surface area contributed by atoms with E-state index in [4.69, 9.17) is 60.8 Å². The Kier molecular flexibility index (Phi) is 23.1. The summed E-state index contributed by atoms with van der Waals surface area (Å²) in [5.41, 5.74) is 0.746. The Balaban J connectivity index is 0.000000157. The molecule has 8 aliphatic carbocycles. The first kappa shape index (κ1) is 70.4. The second kappa shape index (κ2) is 47.3. The van der Waals surface area contributed by atoms with Crippen molar-refractivity contribution < 1.29 is 144 Å². The molecule has 144 heavy (non-hydrogen) atoms. The molecule has 0 unspecified atom stereocenters. The number of ether oxygens (including phenoxy) is 4. The number of halogens is 4. The third-order valence-electron chi connectivity index (χ3n) is 23.2. The predicted octanol–water partition coefficient (Wildman–Crippen LogP) is 8.73. The standard InChI is InChI=1S/4C24H31FN6O4S/c4*1-3-8-36-24-27-22(26-16-10-14(16)13-5-4-12(2)15(25)9-13)19-23(28-24)31(30-29-19)17-11-18(35-7-6-32)21(34)20(17)33/h4*4-5,9,14,16-18,20-21,32-34H,3,6-8,10-11H2,1-2H3,(H,26,27,28)/t4*14-,16+,17+,18-,20-,21+/m0000/s1/i6D2,7D2,11D2,17D,18D,20D,21D;8D2,11D2,17D,18D,20D,21D;7D2,11D2,17D,18D,20D,21D;6D2,11D2,17D,18D,20D,21D. The molecule has 4 aromatic carbocycles. The van der Waals surface area contributed by atoms with Crippen LogP contribution in [-0.2, 0) is 18.9 Å². The summed E-state index contributed by atoms with van der Waals surface area (Å²) in [6, 6.07) is 4.25. The number of benzene rings is 4. The topological polar surface area (TPSA) is 554 Å². The minimum atomic E-state index is -4.22. The number of nitrogens with zero attached hydrogens (tertiary/aromatic N) is 20. The fraction of sp³-hybridized carbons (Fsp3) is 0.583. The van der Waals surface area contributed by atoms with Gasteiger partial charge in [-0.2, -0.15) is 0 Å². The maximum Gasteiger partial charge on any atom is 0.191 e. The van der Waals surface area contributed by atoms with Gasteiger partial charge in [0.05, 0.1) is 134 Å². The highest BCUT2D eigenvalue weighted by molar-refractivity contribution is 7.99. The van der Waals surface area contributed by atoms with Crippen LogP contribution in [0.1, 0.15) is 243 Å². The number of aliphatic hydroxyl groups excluding tert-OH is 2. The van der Waals surface area contributed by atoms with Crippen LogP contribution >= 0.6 is 47.0 Å². The van der Waals surface area contributed by atoms with E-state index in [0.29, 0.717) is 104 Å². The number of nitrogens with one attached hydrogen (secondary N) is 4. The van der Waals surface area contributed by atoms with Crippen LogP contribution in [0.2, 0.25) is 0 Å². The first-order chi connectivity index (χ1) is 81.8. The lowest BCUT2D eigenvalue weighted by atomic mass is 10.1. The summed E-state index contributed by atoms with van der Waals surface area (Å²) in [6.07, 6.45) is -57.5. The molecule has 0 saturated heterocycles. The summed E-state index contributed by atoms with van der Waals surface area (Å²) in [6.45, 7) is -4.82. The first-order valence-corrected chi connectivity index (χ1v) is 48.9. The molecule has 776 valence electrons. The highest BCUT2D eigenvalue weighted by atomic mass is 32.2. The number of rotatable bonds is 40. The van der Waals surface area contributed by atoms with Crippen LogP contribution in [0.25, 0.3) is 44.7 Å². The van der Waals surface area contributed by atoms with Gasteiger partial charge in [-0.15, -0.1) is 20.4 Å². The van der Waals surface area contributed by atoms with Crippen LogP contribution in [0.4, 0.5) is 40.8 Å². The molecule has 0 radical (unpaired) electrons. The maximum absolute atomic E-state index is 14.2. The average molecular weight is 2110 g/mol. The van der Waals surface area contributed by atoms with Crippen LogP contribution in [0.5, 0.6) is 0 Å². The number of aliphatic hydroxyl groups is 12. The van der Waals surface area contributed by atoms with Gasteiger partial charge in [0.15, 0.2) is 88.6 Å². The SMILES string of the molecule is [2H]C([2H])(CC)Sc1nc(N[C@@H]2C[C@H]2c2ccc(C)c(F)c2)c2nnn([C@]3([2H])C([2H])([2H])[C@]([2H])(OCCO)[C@@]([2H])(O)[C@@]3([2H])O)c2n1.[2H]C([2H])(CO)O[C@@]1([2H])C([2H])([2H])[C@@]([2H])(n2nnc3c(N[C@@H]4C[C@H]4c4ccc(C)c(F)c4)nc(SCCC)nc32)[C@]([2H])(O)[C@]1([2H])O.[2H]C([2H])(O)C([2H])([2H])O[C@@]1([2H])C([2H])([2H])[C@@]([2H])(n2nnc3c(N[C@@H]4C[C@H]4c4ccc(C)c(F)c4)nc(SCCC)nc32)[C@]([2H])(O)[C@]1([2H])O.[2H]C([2H])(O)CO[C@@]1([2H])C([2H])([2H])[C@@]([2H])(n2nnc3c(N[C@@H]4C[C@H]4c4ccc(C)c(F)c4)nc(SCCC)nc32)[C@]([2H])(O)[C@]1([2H])O. The summed E-state index contributed by atoms with van der Waals surface area (Å²) in [5, 5.41) is 170. The molecular formula is C96H124F4N24O16S4. The summed E-state index contributed by atoms with van der Waals surface area (Å²) in [7, 11) is 0. The summed E-state index contributed by atoms with van der Waals surface area (Å²) >= 11 is 4.14. The highest BCUT2D eigenvalue weighted by Gasteiger charge is 2.51. The predicted molar refractivity (Wildman–Crippen MR) is 530 cm³/mol. The van der Waals surface area contributed by atoms with Gasteiger partial charge in [0.1, 0.15) is 71.9 Å². The smallest absolute Gasteiger partial charge is 0.191 e. The molecular weight excluding hydrogens is 1950 g/mol. The molecule has 24 atom stereocenters. The molecule has 12 aromatic rings. The van der Waals surface area contributed by atoms with E-state index in [9.17, 15) is 78.8 Å². The normalized spacial score (nSPS) is 41.1. The Hall–Kier alpha value is -9.52. The minimum Gasteiger partial charge on any atom is -0.394 e. The van der Waals surface area contributed by atoms with E-state index in [0.717, 1.165) is 40.4 Å². The van der Waals surface area contributed by atoms with Gasteiger partial charge in [0.25, 0.3) is 0 Å². The molecule has 8 heterocycles. The molecule has 0 amide bonds. The number of anilines is 4. The summed E-state index contributed by atoms with van der Waals surface area (Å²) in [5.74, 6) is 0.0318. The number of fused-ring (bicyclic) bond motifs is 4.